The molecule has 2 aliphatic rings. The number of ether oxygens (including phenoxy) is 1. The van der Waals surface area contributed by atoms with Crippen LogP contribution in [-0.2, 0) is 18.6 Å². The maximum Gasteiger partial charge on any atom is 0.350 e. The fraction of sp³-hybridized carbons (Fsp3) is 0.615. The van der Waals surface area contributed by atoms with Gasteiger partial charge in [0, 0.05) is 35.5 Å². The van der Waals surface area contributed by atoms with Crippen LogP contribution in [0.15, 0.2) is 0 Å². The van der Waals surface area contributed by atoms with E-state index in [9.17, 15) is 18.0 Å². The molecule has 7 nitrogen and oxygen atoms in total. The Hall–Kier alpha value is -1.19. The number of rotatable bonds is 5. The number of aromatic nitrogens is 1. The Morgan fingerprint density at radius 1 is 1.48 bits per heavy atom. The second-order valence-corrected chi connectivity index (χ2v) is 9.56. The molecule has 1 saturated carbocycles. The molecule has 23 heavy (non-hydrogen) atoms. The normalized spacial score (nSPS) is 21.7. The number of nitrogens with zero attached hydrogens (tertiary/aromatic N) is 2. The molecular weight excluding hydrogens is 364 g/mol. The third kappa shape index (κ3) is 3.67. The third-order valence-electron chi connectivity index (χ3n) is 3.85. The summed E-state index contributed by atoms with van der Waals surface area (Å²) in [6.45, 7) is 0.239. The number of hydrogen-bond acceptors (Lipinski definition) is 7. The van der Waals surface area contributed by atoms with Gasteiger partial charge in [0.15, 0.2) is 5.13 Å². The number of halogens is 1. The second-order valence-electron chi connectivity index (χ2n) is 5.76. The van der Waals surface area contributed by atoms with Crippen molar-refractivity contribution >= 4 is 48.1 Å². The molecule has 0 spiro atoms. The Morgan fingerprint density at radius 2 is 2.17 bits per heavy atom. The van der Waals surface area contributed by atoms with Crippen LogP contribution < -0.4 is 4.90 Å². The minimum absolute atomic E-state index is 0.109. The van der Waals surface area contributed by atoms with E-state index in [1.807, 2.05) is 0 Å². The standard InChI is InChI=1S/C13H15ClN2O5S2/c1-21-12(18)11-10(8-2-3-8)15-13(22-11)16-5-7(4-9(16)17)6-23(14,19)20/h7-8H,2-6H2,1H3. The fourth-order valence-electron chi connectivity index (χ4n) is 2.67. The SMILES string of the molecule is COC(=O)c1sc(N2CC(CS(=O)(=O)Cl)CC2=O)nc1C1CC1. The molecule has 0 aromatic carbocycles. The predicted molar refractivity (Wildman–Crippen MR) is 85.5 cm³/mol. The molecule has 3 rings (SSSR count). The number of esters is 1. The van der Waals surface area contributed by atoms with Gasteiger partial charge in [-0.25, -0.2) is 18.2 Å². The van der Waals surface area contributed by atoms with Crippen molar-refractivity contribution in [3.8, 4) is 0 Å². The molecule has 1 unspecified atom stereocenters. The van der Waals surface area contributed by atoms with Gasteiger partial charge in [0.2, 0.25) is 15.0 Å². The average molecular weight is 379 g/mol. The first-order valence-corrected chi connectivity index (χ1v) is 10.4. The van der Waals surface area contributed by atoms with E-state index in [1.54, 1.807) is 0 Å². The van der Waals surface area contributed by atoms with E-state index in [4.69, 9.17) is 15.4 Å². The highest BCUT2D eigenvalue weighted by atomic mass is 35.7. The molecule has 1 atom stereocenters. The highest BCUT2D eigenvalue weighted by Gasteiger charge is 2.38. The highest BCUT2D eigenvalue weighted by Crippen LogP contribution is 2.45. The summed E-state index contributed by atoms with van der Waals surface area (Å²) >= 11 is 1.12. The summed E-state index contributed by atoms with van der Waals surface area (Å²) in [5.41, 5.74) is 0.679. The van der Waals surface area contributed by atoms with Crippen LogP contribution in [0, 0.1) is 5.92 Å². The van der Waals surface area contributed by atoms with Crippen molar-refractivity contribution in [3.63, 3.8) is 0 Å². The minimum Gasteiger partial charge on any atom is -0.465 e. The van der Waals surface area contributed by atoms with E-state index in [2.05, 4.69) is 4.98 Å². The third-order valence-corrected chi connectivity index (χ3v) is 6.17. The Balaban J connectivity index is 1.84. The molecule has 1 aliphatic carbocycles. The molecule has 10 heteroatoms. The van der Waals surface area contributed by atoms with Gasteiger partial charge < -0.3 is 4.74 Å². The largest absolute Gasteiger partial charge is 0.465 e. The summed E-state index contributed by atoms with van der Waals surface area (Å²) < 4.78 is 27.1. The van der Waals surface area contributed by atoms with Gasteiger partial charge in [0.1, 0.15) is 4.88 Å². The van der Waals surface area contributed by atoms with Crippen LogP contribution >= 0.6 is 22.0 Å². The number of thiazole rings is 1. The summed E-state index contributed by atoms with van der Waals surface area (Å²) in [7, 11) is 2.91. The van der Waals surface area contributed by atoms with E-state index >= 15 is 0 Å². The molecule has 1 amide bonds. The molecule has 2 heterocycles. The lowest BCUT2D eigenvalue weighted by molar-refractivity contribution is -0.117. The Morgan fingerprint density at radius 3 is 2.74 bits per heavy atom. The lowest BCUT2D eigenvalue weighted by Crippen LogP contribution is -2.25. The van der Waals surface area contributed by atoms with Crippen molar-refractivity contribution in [1.82, 2.24) is 4.98 Å². The Kier molecular flexibility index (Phi) is 4.37. The zero-order chi connectivity index (χ0) is 16.8. The molecule has 1 aromatic heterocycles. The van der Waals surface area contributed by atoms with E-state index in [1.165, 1.54) is 12.0 Å². The van der Waals surface area contributed by atoms with Gasteiger partial charge in [-0.3, -0.25) is 9.69 Å². The van der Waals surface area contributed by atoms with Gasteiger partial charge in [-0.2, -0.15) is 0 Å². The van der Waals surface area contributed by atoms with Crippen LogP contribution in [0.1, 0.15) is 40.5 Å². The summed E-state index contributed by atoms with van der Waals surface area (Å²) in [5.74, 6) is -1.03. The molecule has 0 radical (unpaired) electrons. The first kappa shape index (κ1) is 16.7. The van der Waals surface area contributed by atoms with Gasteiger partial charge in [-0.05, 0) is 12.8 Å². The first-order valence-electron chi connectivity index (χ1n) is 7.10. The van der Waals surface area contributed by atoms with Crippen LogP contribution in [0.25, 0.3) is 0 Å². The van der Waals surface area contributed by atoms with Crippen LogP contribution in [0.4, 0.5) is 5.13 Å². The van der Waals surface area contributed by atoms with Gasteiger partial charge >= 0.3 is 5.97 Å². The molecule has 1 aliphatic heterocycles. The molecule has 126 valence electrons. The highest BCUT2D eigenvalue weighted by molar-refractivity contribution is 8.13. The van der Waals surface area contributed by atoms with Crippen LogP contribution in [0.5, 0.6) is 0 Å². The van der Waals surface area contributed by atoms with E-state index < -0.39 is 15.0 Å². The minimum atomic E-state index is -3.66. The smallest absolute Gasteiger partial charge is 0.350 e. The summed E-state index contributed by atoms with van der Waals surface area (Å²) in [4.78, 5) is 30.3. The fourth-order valence-corrected chi connectivity index (χ4v) is 5.09. The Bertz CT molecular complexity index is 756. The van der Waals surface area contributed by atoms with E-state index in [-0.39, 0.29) is 36.5 Å². The molecule has 0 bridgehead atoms. The number of methoxy groups -OCH3 is 1. The van der Waals surface area contributed by atoms with Crippen LogP contribution in [0.3, 0.4) is 0 Å². The van der Waals surface area contributed by atoms with Crippen molar-refractivity contribution < 1.29 is 22.7 Å². The topological polar surface area (TPSA) is 93.6 Å². The first-order chi connectivity index (χ1) is 10.8. The Labute approximate surface area is 142 Å². The average Bonchev–Trinajstić information content (AvgIpc) is 3.11. The lowest BCUT2D eigenvalue weighted by Gasteiger charge is -2.12. The van der Waals surface area contributed by atoms with E-state index in [0.29, 0.717) is 15.7 Å². The van der Waals surface area contributed by atoms with Gasteiger partial charge in [0.25, 0.3) is 0 Å². The maximum absolute atomic E-state index is 12.2. The zero-order valence-electron chi connectivity index (χ0n) is 12.3. The summed E-state index contributed by atoms with van der Waals surface area (Å²) in [6.07, 6.45) is 2.04. The van der Waals surface area contributed by atoms with Crippen LogP contribution in [0.2, 0.25) is 0 Å². The number of carbonyl (C=O) groups is 2. The molecule has 2 fully saturated rings. The lowest BCUT2D eigenvalue weighted by atomic mass is 10.1. The van der Waals surface area contributed by atoms with E-state index in [0.717, 1.165) is 24.2 Å². The van der Waals surface area contributed by atoms with Crippen LogP contribution in [-0.4, -0.2) is 44.7 Å². The predicted octanol–water partition coefficient (Wildman–Crippen LogP) is 1.73. The summed E-state index contributed by atoms with van der Waals surface area (Å²) in [6, 6.07) is 0. The van der Waals surface area contributed by atoms with Crippen molar-refractivity contribution in [2.75, 3.05) is 24.3 Å². The van der Waals surface area contributed by atoms with Gasteiger partial charge in [0.05, 0.1) is 18.6 Å². The van der Waals surface area contributed by atoms with Crippen molar-refractivity contribution in [3.05, 3.63) is 10.6 Å². The molecular formula is C13H15ClN2O5S2. The van der Waals surface area contributed by atoms with Crippen molar-refractivity contribution in [2.45, 2.75) is 25.2 Å². The quantitative estimate of drug-likeness (QED) is 0.572. The van der Waals surface area contributed by atoms with Gasteiger partial charge in [-0.1, -0.05) is 11.3 Å². The molecule has 1 saturated heterocycles. The van der Waals surface area contributed by atoms with Crippen molar-refractivity contribution in [2.24, 2.45) is 5.92 Å². The number of hydrogen-bond donors (Lipinski definition) is 0. The van der Waals surface area contributed by atoms with Gasteiger partial charge in [-0.15, -0.1) is 0 Å². The number of carbonyl (C=O) groups excluding carboxylic acids is 2. The summed E-state index contributed by atoms with van der Waals surface area (Å²) in [5, 5.41) is 0.423. The zero-order valence-corrected chi connectivity index (χ0v) is 14.7. The monoisotopic (exact) mass is 378 g/mol. The number of amides is 1. The maximum atomic E-state index is 12.2. The second kappa shape index (κ2) is 6.03. The molecule has 0 N–H and O–H groups in total. The van der Waals surface area contributed by atoms with Crippen molar-refractivity contribution in [1.29, 1.82) is 0 Å². The number of anilines is 1. The molecule has 1 aromatic rings.